The minimum atomic E-state index is -1.00. The molecule has 2 amide bonds. The van der Waals surface area contributed by atoms with Crippen molar-refractivity contribution in [1.29, 1.82) is 0 Å². The van der Waals surface area contributed by atoms with Crippen LogP contribution in [0.2, 0.25) is 0 Å². The summed E-state index contributed by atoms with van der Waals surface area (Å²) in [5.74, 6) is -0.178. The number of carbonyl (C=O) groups is 2. The molecule has 86 valence electrons. The highest BCUT2D eigenvalue weighted by molar-refractivity contribution is 5.77. The predicted octanol–water partition coefficient (Wildman–Crippen LogP) is 0.490. The molecule has 0 bridgehead atoms. The summed E-state index contributed by atoms with van der Waals surface area (Å²) in [5.41, 5.74) is 2.30. The summed E-state index contributed by atoms with van der Waals surface area (Å²) in [4.78, 5) is 26.3. The second-order valence-corrected chi connectivity index (χ2v) is 3.67. The van der Waals surface area contributed by atoms with E-state index in [2.05, 4.69) is 15.6 Å². The minimum absolute atomic E-state index is 0.0194. The van der Waals surface area contributed by atoms with Crippen LogP contribution < -0.4 is 10.8 Å². The number of amides is 2. The van der Waals surface area contributed by atoms with Gasteiger partial charge in [0.05, 0.1) is 7.11 Å². The van der Waals surface area contributed by atoms with Crippen LogP contribution in [0.3, 0.4) is 0 Å². The molecule has 0 unspecified atom stereocenters. The van der Waals surface area contributed by atoms with Crippen molar-refractivity contribution in [2.75, 3.05) is 7.11 Å². The molecular formula is C9H16N2O4. The maximum atomic E-state index is 11.4. The number of hydroxylamine groups is 1. The van der Waals surface area contributed by atoms with Gasteiger partial charge in [0.2, 0.25) is 5.91 Å². The standard InChI is InChI=1S/C9H16N2O4/c1-15-11-8(12)6-2-4-7(5-3-6)10-9(13)14/h6-7,10H,2-5H2,1H3,(H,11,12)(H,13,14). The highest BCUT2D eigenvalue weighted by Crippen LogP contribution is 2.24. The summed E-state index contributed by atoms with van der Waals surface area (Å²) in [5, 5.41) is 10.9. The van der Waals surface area contributed by atoms with Gasteiger partial charge in [0.15, 0.2) is 0 Å². The summed E-state index contributed by atoms with van der Waals surface area (Å²) in [6.07, 6.45) is 1.79. The molecule has 1 rings (SSSR count). The summed E-state index contributed by atoms with van der Waals surface area (Å²) in [7, 11) is 1.40. The highest BCUT2D eigenvalue weighted by Gasteiger charge is 2.26. The van der Waals surface area contributed by atoms with E-state index < -0.39 is 6.09 Å². The van der Waals surface area contributed by atoms with Crippen molar-refractivity contribution in [3.63, 3.8) is 0 Å². The SMILES string of the molecule is CONC(=O)C1CCC(NC(=O)O)CC1. The Kier molecular flexibility index (Phi) is 4.36. The van der Waals surface area contributed by atoms with Crippen LogP contribution in [-0.2, 0) is 9.63 Å². The van der Waals surface area contributed by atoms with Gasteiger partial charge in [-0.15, -0.1) is 0 Å². The molecule has 0 saturated heterocycles. The Labute approximate surface area is 87.9 Å². The topological polar surface area (TPSA) is 87.7 Å². The van der Waals surface area contributed by atoms with Gasteiger partial charge in [-0.25, -0.2) is 10.3 Å². The van der Waals surface area contributed by atoms with Gasteiger partial charge in [-0.05, 0) is 25.7 Å². The Morgan fingerprint density at radius 2 is 1.87 bits per heavy atom. The zero-order valence-electron chi connectivity index (χ0n) is 8.66. The molecule has 0 aromatic carbocycles. The molecule has 0 aliphatic heterocycles. The lowest BCUT2D eigenvalue weighted by molar-refractivity contribution is -0.136. The van der Waals surface area contributed by atoms with Crippen LogP contribution in [0.1, 0.15) is 25.7 Å². The van der Waals surface area contributed by atoms with E-state index in [0.717, 1.165) is 0 Å². The molecule has 1 saturated carbocycles. The van der Waals surface area contributed by atoms with Gasteiger partial charge >= 0.3 is 6.09 Å². The van der Waals surface area contributed by atoms with Crippen LogP contribution in [0.25, 0.3) is 0 Å². The first-order valence-corrected chi connectivity index (χ1v) is 4.95. The largest absolute Gasteiger partial charge is 0.465 e. The molecule has 0 radical (unpaired) electrons. The van der Waals surface area contributed by atoms with Crippen molar-refractivity contribution in [3.8, 4) is 0 Å². The number of carbonyl (C=O) groups excluding carboxylic acids is 1. The van der Waals surface area contributed by atoms with E-state index in [4.69, 9.17) is 5.11 Å². The van der Waals surface area contributed by atoms with Crippen LogP contribution in [0.5, 0.6) is 0 Å². The molecule has 6 heteroatoms. The minimum Gasteiger partial charge on any atom is -0.465 e. The molecule has 0 aromatic rings. The monoisotopic (exact) mass is 216 g/mol. The number of carboxylic acid groups (broad SMARTS) is 1. The van der Waals surface area contributed by atoms with Gasteiger partial charge < -0.3 is 10.4 Å². The first kappa shape index (κ1) is 11.8. The van der Waals surface area contributed by atoms with E-state index >= 15 is 0 Å². The molecule has 1 fully saturated rings. The molecule has 3 N–H and O–H groups in total. The number of hydrogen-bond acceptors (Lipinski definition) is 3. The Morgan fingerprint density at radius 1 is 1.27 bits per heavy atom. The summed E-state index contributed by atoms with van der Waals surface area (Å²) >= 11 is 0. The first-order chi connectivity index (χ1) is 7.13. The van der Waals surface area contributed by atoms with Gasteiger partial charge in [-0.3, -0.25) is 9.63 Å². The average molecular weight is 216 g/mol. The maximum absolute atomic E-state index is 11.4. The number of hydrogen-bond donors (Lipinski definition) is 3. The number of nitrogens with one attached hydrogen (secondary N) is 2. The van der Waals surface area contributed by atoms with Crippen molar-refractivity contribution in [2.45, 2.75) is 31.7 Å². The average Bonchev–Trinajstić information content (AvgIpc) is 2.18. The quantitative estimate of drug-likeness (QED) is 0.599. The molecule has 15 heavy (non-hydrogen) atoms. The van der Waals surface area contributed by atoms with Crippen molar-refractivity contribution in [1.82, 2.24) is 10.8 Å². The highest BCUT2D eigenvalue weighted by atomic mass is 16.6. The maximum Gasteiger partial charge on any atom is 0.404 e. The van der Waals surface area contributed by atoms with E-state index in [1.54, 1.807) is 0 Å². The smallest absolute Gasteiger partial charge is 0.404 e. The van der Waals surface area contributed by atoms with E-state index in [9.17, 15) is 9.59 Å². The summed E-state index contributed by atoms with van der Waals surface area (Å²) < 4.78 is 0. The van der Waals surface area contributed by atoms with Crippen molar-refractivity contribution in [3.05, 3.63) is 0 Å². The van der Waals surface area contributed by atoms with Gasteiger partial charge in [-0.1, -0.05) is 0 Å². The third-order valence-corrected chi connectivity index (χ3v) is 2.63. The van der Waals surface area contributed by atoms with E-state index in [0.29, 0.717) is 25.7 Å². The molecule has 0 atom stereocenters. The lowest BCUT2D eigenvalue weighted by atomic mass is 9.86. The zero-order chi connectivity index (χ0) is 11.3. The normalized spacial score (nSPS) is 25.7. The first-order valence-electron chi connectivity index (χ1n) is 4.95. The van der Waals surface area contributed by atoms with Crippen molar-refractivity contribution >= 4 is 12.0 Å². The second kappa shape index (κ2) is 5.55. The zero-order valence-corrected chi connectivity index (χ0v) is 8.66. The Hall–Kier alpha value is -1.30. The van der Waals surface area contributed by atoms with E-state index in [1.807, 2.05) is 0 Å². The Balaban J connectivity index is 2.29. The molecule has 6 nitrogen and oxygen atoms in total. The van der Waals surface area contributed by atoms with Crippen LogP contribution >= 0.6 is 0 Å². The Bertz CT molecular complexity index is 236. The lowest BCUT2D eigenvalue weighted by Crippen LogP contribution is -2.40. The lowest BCUT2D eigenvalue weighted by Gasteiger charge is -2.27. The summed E-state index contributed by atoms with van der Waals surface area (Å²) in [6, 6.07) is -0.0194. The molecule has 0 aromatic heterocycles. The van der Waals surface area contributed by atoms with Gasteiger partial charge in [0.1, 0.15) is 0 Å². The van der Waals surface area contributed by atoms with Gasteiger partial charge in [0, 0.05) is 12.0 Å². The van der Waals surface area contributed by atoms with Crippen LogP contribution in [-0.4, -0.2) is 30.3 Å². The Morgan fingerprint density at radius 3 is 2.33 bits per heavy atom. The predicted molar refractivity (Wildman–Crippen MR) is 52.1 cm³/mol. The third-order valence-electron chi connectivity index (χ3n) is 2.63. The third kappa shape index (κ3) is 3.75. The molecule has 0 heterocycles. The van der Waals surface area contributed by atoms with Gasteiger partial charge in [-0.2, -0.15) is 0 Å². The molecular weight excluding hydrogens is 200 g/mol. The molecule has 0 spiro atoms. The van der Waals surface area contributed by atoms with Crippen molar-refractivity contribution < 1.29 is 19.5 Å². The number of rotatable bonds is 3. The van der Waals surface area contributed by atoms with Crippen LogP contribution in [0.15, 0.2) is 0 Å². The van der Waals surface area contributed by atoms with Gasteiger partial charge in [0.25, 0.3) is 0 Å². The second-order valence-electron chi connectivity index (χ2n) is 3.67. The van der Waals surface area contributed by atoms with E-state index in [1.165, 1.54) is 7.11 Å². The summed E-state index contributed by atoms with van der Waals surface area (Å²) in [6.45, 7) is 0. The van der Waals surface area contributed by atoms with E-state index in [-0.39, 0.29) is 17.9 Å². The van der Waals surface area contributed by atoms with Crippen molar-refractivity contribution in [2.24, 2.45) is 5.92 Å². The van der Waals surface area contributed by atoms with Crippen LogP contribution in [0.4, 0.5) is 4.79 Å². The molecule has 1 aliphatic carbocycles. The fraction of sp³-hybridized carbons (Fsp3) is 0.778. The van der Waals surface area contributed by atoms with Crippen LogP contribution in [0, 0.1) is 5.92 Å². The fourth-order valence-corrected chi connectivity index (χ4v) is 1.86. The molecule has 1 aliphatic rings. The fourth-order valence-electron chi connectivity index (χ4n) is 1.86.